The fourth-order valence-electron chi connectivity index (χ4n) is 2.29. The maximum Gasteiger partial charge on any atom is 0.386 e. The summed E-state index contributed by atoms with van der Waals surface area (Å²) in [4.78, 5) is 12.3. The maximum atomic E-state index is 13.0. The summed E-state index contributed by atoms with van der Waals surface area (Å²) < 4.78 is 46.8. The number of halogens is 3. The zero-order valence-corrected chi connectivity index (χ0v) is 14.4. The second-order valence-electron chi connectivity index (χ2n) is 5.45. The van der Waals surface area contributed by atoms with Crippen molar-refractivity contribution in [2.75, 3.05) is 13.7 Å². The molecule has 2 rings (SSSR count). The van der Waals surface area contributed by atoms with Gasteiger partial charge < -0.3 is 19.9 Å². The normalized spacial score (nSPS) is 11.4. The number of alkyl halides is 2. The van der Waals surface area contributed by atoms with Gasteiger partial charge in [0.05, 0.1) is 12.7 Å². The number of amides is 1. The molecular formula is C19H18F3NO4. The van der Waals surface area contributed by atoms with Crippen LogP contribution in [0.2, 0.25) is 0 Å². The Bertz CT molecular complexity index is 807. The Morgan fingerprint density at radius 1 is 1.22 bits per heavy atom. The number of rotatable bonds is 8. The molecule has 0 aromatic heterocycles. The summed E-state index contributed by atoms with van der Waals surface area (Å²) in [5.74, 6) is -0.866. The van der Waals surface area contributed by atoms with Gasteiger partial charge in [-0.3, -0.25) is 4.79 Å². The Kier molecular flexibility index (Phi) is 7.10. The van der Waals surface area contributed by atoms with E-state index < -0.39 is 18.3 Å². The van der Waals surface area contributed by atoms with Gasteiger partial charge in [-0.25, -0.2) is 4.39 Å². The Labute approximate surface area is 154 Å². The number of nitrogens with one attached hydrogen (secondary N) is 1. The fourth-order valence-corrected chi connectivity index (χ4v) is 2.29. The van der Waals surface area contributed by atoms with E-state index in [0.717, 1.165) is 17.7 Å². The molecule has 27 heavy (non-hydrogen) atoms. The number of benzene rings is 2. The van der Waals surface area contributed by atoms with Crippen LogP contribution >= 0.6 is 0 Å². The Balaban J connectivity index is 2.05. The number of hydrogen-bond donors (Lipinski definition) is 2. The first-order chi connectivity index (χ1) is 12.9. The van der Waals surface area contributed by atoms with Crippen molar-refractivity contribution in [3.05, 3.63) is 65.7 Å². The number of carbonyl (C=O) groups is 1. The summed E-state index contributed by atoms with van der Waals surface area (Å²) in [5.41, 5.74) is 0.875. The van der Waals surface area contributed by atoms with E-state index in [1.54, 1.807) is 12.1 Å². The Morgan fingerprint density at radius 2 is 1.93 bits per heavy atom. The van der Waals surface area contributed by atoms with Gasteiger partial charge in [0.25, 0.3) is 5.91 Å². The van der Waals surface area contributed by atoms with E-state index in [2.05, 4.69) is 10.1 Å². The molecule has 0 saturated carbocycles. The molecule has 0 atom stereocenters. The van der Waals surface area contributed by atoms with Gasteiger partial charge in [0.15, 0.2) is 11.5 Å². The lowest BCUT2D eigenvalue weighted by Crippen LogP contribution is -2.26. The van der Waals surface area contributed by atoms with E-state index in [-0.39, 0.29) is 23.4 Å². The van der Waals surface area contributed by atoms with E-state index in [0.29, 0.717) is 18.4 Å². The predicted molar refractivity (Wildman–Crippen MR) is 92.8 cm³/mol. The van der Waals surface area contributed by atoms with Gasteiger partial charge in [0.1, 0.15) is 12.1 Å². The van der Waals surface area contributed by atoms with Crippen LogP contribution in [0.4, 0.5) is 13.2 Å². The second kappa shape index (κ2) is 9.51. The van der Waals surface area contributed by atoms with Crippen molar-refractivity contribution in [3.8, 4) is 11.5 Å². The van der Waals surface area contributed by atoms with Crippen LogP contribution < -0.4 is 10.1 Å². The van der Waals surface area contributed by atoms with Crippen molar-refractivity contribution in [2.24, 2.45) is 0 Å². The molecule has 0 radical (unpaired) electrons. The summed E-state index contributed by atoms with van der Waals surface area (Å²) in [6.07, 6.45) is 1.06. The zero-order valence-electron chi connectivity index (χ0n) is 14.4. The first kappa shape index (κ1) is 20.2. The standard InChI is InChI=1S/C19H18F3NO4/c1-26-17-10-12(2-7-16(17)24)8-9-23-18(25)15(11-27-19(21)22)13-3-5-14(20)6-4-13/h2-7,10-11,19,24H,8-9H2,1H3,(H,23,25)/b15-11+. The predicted octanol–water partition coefficient (Wildman–Crippen LogP) is 3.48. The van der Waals surface area contributed by atoms with Gasteiger partial charge in [-0.2, -0.15) is 8.78 Å². The topological polar surface area (TPSA) is 67.8 Å². The first-order valence-corrected chi connectivity index (χ1v) is 7.94. The SMILES string of the molecule is COc1cc(CCNC(=O)/C(=C/OC(F)F)c2ccc(F)cc2)ccc1O. The summed E-state index contributed by atoms with van der Waals surface area (Å²) in [6.45, 7) is -2.89. The lowest BCUT2D eigenvalue weighted by Gasteiger charge is -2.11. The van der Waals surface area contributed by atoms with Crippen LogP contribution in [0.15, 0.2) is 48.7 Å². The number of phenols is 1. The third-order valence-electron chi connectivity index (χ3n) is 3.63. The Hall–Kier alpha value is -3.16. The highest BCUT2D eigenvalue weighted by Gasteiger charge is 2.14. The lowest BCUT2D eigenvalue weighted by atomic mass is 10.1. The minimum Gasteiger partial charge on any atom is -0.504 e. The number of phenolic OH excluding ortho intramolecular Hbond substituents is 1. The van der Waals surface area contributed by atoms with E-state index in [1.165, 1.54) is 25.3 Å². The van der Waals surface area contributed by atoms with Crippen LogP contribution in [0.5, 0.6) is 11.5 Å². The smallest absolute Gasteiger partial charge is 0.386 e. The molecule has 2 N–H and O–H groups in total. The quantitative estimate of drug-likeness (QED) is 0.543. The van der Waals surface area contributed by atoms with E-state index in [9.17, 15) is 23.1 Å². The summed E-state index contributed by atoms with van der Waals surface area (Å²) in [6, 6.07) is 9.57. The second-order valence-corrected chi connectivity index (χ2v) is 5.45. The van der Waals surface area contributed by atoms with Gasteiger partial charge >= 0.3 is 6.61 Å². The van der Waals surface area contributed by atoms with Gasteiger partial charge in [0, 0.05) is 6.54 Å². The molecule has 0 bridgehead atoms. The van der Waals surface area contributed by atoms with Crippen molar-refractivity contribution in [1.82, 2.24) is 5.32 Å². The van der Waals surface area contributed by atoms with Gasteiger partial charge in [-0.15, -0.1) is 0 Å². The molecule has 0 aliphatic rings. The van der Waals surface area contributed by atoms with Crippen molar-refractivity contribution >= 4 is 11.5 Å². The minimum absolute atomic E-state index is 0.00374. The van der Waals surface area contributed by atoms with Crippen molar-refractivity contribution in [3.63, 3.8) is 0 Å². The minimum atomic E-state index is -3.09. The molecule has 0 heterocycles. The number of hydrogen-bond acceptors (Lipinski definition) is 4. The van der Waals surface area contributed by atoms with Crippen LogP contribution in [0, 0.1) is 5.82 Å². The van der Waals surface area contributed by atoms with Crippen molar-refractivity contribution < 1.29 is 32.5 Å². The van der Waals surface area contributed by atoms with E-state index >= 15 is 0 Å². The third-order valence-corrected chi connectivity index (χ3v) is 3.63. The lowest BCUT2D eigenvalue weighted by molar-refractivity contribution is -0.116. The number of ether oxygens (including phenoxy) is 2. The average Bonchev–Trinajstić information content (AvgIpc) is 2.64. The molecule has 1 amide bonds. The molecule has 5 nitrogen and oxygen atoms in total. The molecule has 0 aliphatic heterocycles. The summed E-state index contributed by atoms with van der Waals surface area (Å²) >= 11 is 0. The zero-order chi connectivity index (χ0) is 19.8. The molecular weight excluding hydrogens is 363 g/mol. The fraction of sp³-hybridized carbons (Fsp3) is 0.211. The summed E-state index contributed by atoms with van der Waals surface area (Å²) in [7, 11) is 1.42. The van der Waals surface area contributed by atoms with Crippen LogP contribution in [0.1, 0.15) is 11.1 Å². The number of methoxy groups -OCH3 is 1. The van der Waals surface area contributed by atoms with Gasteiger partial charge in [0.2, 0.25) is 0 Å². The van der Waals surface area contributed by atoms with Crippen LogP contribution in [-0.4, -0.2) is 31.3 Å². The number of carbonyl (C=O) groups excluding carboxylic acids is 1. The van der Waals surface area contributed by atoms with Crippen molar-refractivity contribution in [1.29, 1.82) is 0 Å². The highest BCUT2D eigenvalue weighted by Crippen LogP contribution is 2.26. The monoisotopic (exact) mass is 381 g/mol. The van der Waals surface area contributed by atoms with Gasteiger partial charge in [-0.1, -0.05) is 18.2 Å². The van der Waals surface area contributed by atoms with E-state index in [1.807, 2.05) is 0 Å². The van der Waals surface area contributed by atoms with Crippen LogP contribution in [-0.2, 0) is 16.0 Å². The Morgan fingerprint density at radius 3 is 2.56 bits per heavy atom. The molecule has 0 aliphatic carbocycles. The molecule has 144 valence electrons. The van der Waals surface area contributed by atoms with Gasteiger partial charge in [-0.05, 0) is 41.8 Å². The molecule has 8 heteroatoms. The van der Waals surface area contributed by atoms with Crippen LogP contribution in [0.25, 0.3) is 5.57 Å². The molecule has 0 spiro atoms. The maximum absolute atomic E-state index is 13.0. The average molecular weight is 381 g/mol. The highest BCUT2D eigenvalue weighted by atomic mass is 19.3. The van der Waals surface area contributed by atoms with E-state index in [4.69, 9.17) is 4.74 Å². The molecule has 2 aromatic rings. The molecule has 0 unspecified atom stereocenters. The third kappa shape index (κ3) is 5.95. The molecule has 2 aromatic carbocycles. The number of aromatic hydroxyl groups is 1. The highest BCUT2D eigenvalue weighted by molar-refractivity contribution is 6.19. The van der Waals surface area contributed by atoms with Crippen molar-refractivity contribution in [2.45, 2.75) is 13.0 Å². The largest absolute Gasteiger partial charge is 0.504 e. The first-order valence-electron chi connectivity index (χ1n) is 7.94. The molecule has 0 saturated heterocycles. The summed E-state index contributed by atoms with van der Waals surface area (Å²) in [5, 5.41) is 12.2. The molecule has 0 fully saturated rings. The van der Waals surface area contributed by atoms with Crippen LogP contribution in [0.3, 0.4) is 0 Å².